The van der Waals surface area contributed by atoms with Crippen molar-refractivity contribution in [2.75, 3.05) is 18.0 Å². The molecule has 0 unspecified atom stereocenters. The van der Waals surface area contributed by atoms with Gasteiger partial charge in [0.1, 0.15) is 23.9 Å². The van der Waals surface area contributed by atoms with Gasteiger partial charge in [0.25, 0.3) is 0 Å². The second kappa shape index (κ2) is 6.17. The summed E-state index contributed by atoms with van der Waals surface area (Å²) in [5.74, 6) is 0.689. The number of aryl methyl sites for hydroxylation is 1. The van der Waals surface area contributed by atoms with E-state index in [4.69, 9.17) is 4.74 Å². The van der Waals surface area contributed by atoms with Gasteiger partial charge in [0, 0.05) is 44.9 Å². The van der Waals surface area contributed by atoms with Crippen molar-refractivity contribution in [3.63, 3.8) is 0 Å². The maximum absolute atomic E-state index is 12.2. The van der Waals surface area contributed by atoms with Crippen LogP contribution in [-0.2, 0) is 11.8 Å². The van der Waals surface area contributed by atoms with E-state index in [0.717, 1.165) is 37.4 Å². The van der Waals surface area contributed by atoms with Crippen LogP contribution in [0.25, 0.3) is 0 Å². The van der Waals surface area contributed by atoms with Crippen LogP contribution >= 0.6 is 0 Å². The van der Waals surface area contributed by atoms with Gasteiger partial charge in [-0.2, -0.15) is 0 Å². The van der Waals surface area contributed by atoms with Gasteiger partial charge in [-0.3, -0.25) is 0 Å². The van der Waals surface area contributed by atoms with Crippen LogP contribution in [0.3, 0.4) is 0 Å². The summed E-state index contributed by atoms with van der Waals surface area (Å²) >= 11 is 0. The monoisotopic (exact) mass is 300 g/mol. The van der Waals surface area contributed by atoms with E-state index in [0.29, 0.717) is 5.69 Å². The molecule has 0 N–H and O–H groups in total. The number of nitrogens with zero attached hydrogens (tertiary/aromatic N) is 4. The molecule has 22 heavy (non-hydrogen) atoms. The molecular formula is C16H20N4O2. The lowest BCUT2D eigenvalue weighted by atomic mass is 10.1. The van der Waals surface area contributed by atoms with Crippen molar-refractivity contribution >= 4 is 11.8 Å². The molecule has 1 saturated heterocycles. The molecule has 1 aliphatic heterocycles. The minimum absolute atomic E-state index is 0.0270. The molecule has 0 radical (unpaired) electrons. The Labute approximate surface area is 129 Å². The third-order valence-corrected chi connectivity index (χ3v) is 4.19. The van der Waals surface area contributed by atoms with Gasteiger partial charge in [0.05, 0.1) is 0 Å². The summed E-state index contributed by atoms with van der Waals surface area (Å²) in [4.78, 5) is 22.6. The van der Waals surface area contributed by atoms with E-state index >= 15 is 0 Å². The van der Waals surface area contributed by atoms with Crippen molar-refractivity contribution < 1.29 is 9.53 Å². The van der Waals surface area contributed by atoms with Crippen LogP contribution in [0.4, 0.5) is 5.82 Å². The molecule has 0 saturated carbocycles. The Hall–Kier alpha value is -2.37. The van der Waals surface area contributed by atoms with Gasteiger partial charge in [-0.25, -0.2) is 14.8 Å². The molecule has 0 bridgehead atoms. The molecule has 116 valence electrons. The summed E-state index contributed by atoms with van der Waals surface area (Å²) in [5.41, 5.74) is 1.65. The third kappa shape index (κ3) is 2.95. The van der Waals surface area contributed by atoms with Crippen molar-refractivity contribution in [1.29, 1.82) is 0 Å². The average molecular weight is 300 g/mol. The van der Waals surface area contributed by atoms with Crippen molar-refractivity contribution in [3.8, 4) is 0 Å². The number of hydrogen-bond acceptors (Lipinski definition) is 5. The van der Waals surface area contributed by atoms with Crippen LogP contribution in [0.5, 0.6) is 0 Å². The summed E-state index contributed by atoms with van der Waals surface area (Å²) < 4.78 is 7.50. The Morgan fingerprint density at radius 2 is 2.05 bits per heavy atom. The van der Waals surface area contributed by atoms with E-state index in [2.05, 4.69) is 14.9 Å². The van der Waals surface area contributed by atoms with E-state index in [9.17, 15) is 4.79 Å². The van der Waals surface area contributed by atoms with Gasteiger partial charge in [0.15, 0.2) is 0 Å². The van der Waals surface area contributed by atoms with Crippen LogP contribution in [0.2, 0.25) is 0 Å². The van der Waals surface area contributed by atoms with Gasteiger partial charge in [-0.1, -0.05) is 0 Å². The summed E-state index contributed by atoms with van der Waals surface area (Å²) in [7, 11) is 1.88. The summed E-state index contributed by atoms with van der Waals surface area (Å²) in [6.45, 7) is 3.64. The summed E-state index contributed by atoms with van der Waals surface area (Å²) in [6, 6.07) is 5.64. The van der Waals surface area contributed by atoms with Crippen LogP contribution in [0.1, 0.15) is 29.0 Å². The maximum Gasteiger partial charge on any atom is 0.355 e. The molecule has 1 aliphatic rings. The van der Waals surface area contributed by atoms with Crippen molar-refractivity contribution in [3.05, 3.63) is 42.1 Å². The fourth-order valence-corrected chi connectivity index (χ4v) is 2.70. The van der Waals surface area contributed by atoms with Crippen LogP contribution in [-0.4, -0.2) is 39.7 Å². The second-order valence-electron chi connectivity index (χ2n) is 5.58. The average Bonchev–Trinajstić information content (AvgIpc) is 2.88. The normalized spacial score (nSPS) is 15.8. The molecule has 0 aromatic carbocycles. The Morgan fingerprint density at radius 3 is 2.64 bits per heavy atom. The first-order valence-corrected chi connectivity index (χ1v) is 7.49. The highest BCUT2D eigenvalue weighted by Gasteiger charge is 2.24. The first kappa shape index (κ1) is 14.6. The molecule has 0 spiro atoms. The Kier molecular flexibility index (Phi) is 4.09. The topological polar surface area (TPSA) is 60.2 Å². The molecule has 6 nitrogen and oxygen atoms in total. The Bertz CT molecular complexity index is 645. The fraction of sp³-hybridized carbons (Fsp3) is 0.438. The highest BCUT2D eigenvalue weighted by Crippen LogP contribution is 2.20. The molecule has 0 amide bonds. The SMILES string of the molecule is Cc1ccc(C(=O)OC2CCN(c3ccncn3)CC2)n1C. The second-order valence-corrected chi connectivity index (χ2v) is 5.58. The minimum Gasteiger partial charge on any atom is -0.458 e. The van der Waals surface area contributed by atoms with Gasteiger partial charge < -0.3 is 14.2 Å². The highest BCUT2D eigenvalue weighted by molar-refractivity contribution is 5.88. The van der Waals surface area contributed by atoms with E-state index in [1.165, 1.54) is 0 Å². The number of esters is 1. The number of anilines is 1. The van der Waals surface area contributed by atoms with Gasteiger partial charge in [0.2, 0.25) is 0 Å². The van der Waals surface area contributed by atoms with E-state index < -0.39 is 0 Å². The predicted molar refractivity (Wildman–Crippen MR) is 82.8 cm³/mol. The smallest absolute Gasteiger partial charge is 0.355 e. The Morgan fingerprint density at radius 1 is 1.27 bits per heavy atom. The number of aromatic nitrogens is 3. The molecule has 2 aromatic rings. The van der Waals surface area contributed by atoms with E-state index in [1.807, 2.05) is 36.7 Å². The lowest BCUT2D eigenvalue weighted by Gasteiger charge is -2.32. The van der Waals surface area contributed by atoms with Gasteiger partial charge in [-0.05, 0) is 25.1 Å². The largest absolute Gasteiger partial charge is 0.458 e. The molecule has 3 heterocycles. The number of ether oxygens (including phenoxy) is 1. The van der Waals surface area contributed by atoms with Gasteiger partial charge in [-0.15, -0.1) is 0 Å². The molecule has 2 aromatic heterocycles. The number of carbonyl (C=O) groups is 1. The first-order chi connectivity index (χ1) is 10.6. The number of rotatable bonds is 3. The minimum atomic E-state index is -0.240. The standard InChI is InChI=1S/C16H20N4O2/c1-12-3-4-14(19(12)2)16(21)22-13-6-9-20(10-7-13)15-5-8-17-11-18-15/h3-5,8,11,13H,6-7,9-10H2,1-2H3. The molecule has 1 fully saturated rings. The van der Waals surface area contributed by atoms with Crippen molar-refractivity contribution in [1.82, 2.24) is 14.5 Å². The highest BCUT2D eigenvalue weighted by atomic mass is 16.5. The van der Waals surface area contributed by atoms with Crippen LogP contribution in [0, 0.1) is 6.92 Å². The van der Waals surface area contributed by atoms with Crippen LogP contribution < -0.4 is 4.90 Å². The third-order valence-electron chi connectivity index (χ3n) is 4.19. The molecule has 3 rings (SSSR count). The van der Waals surface area contributed by atoms with E-state index in [-0.39, 0.29) is 12.1 Å². The van der Waals surface area contributed by atoms with Gasteiger partial charge >= 0.3 is 5.97 Å². The first-order valence-electron chi connectivity index (χ1n) is 7.49. The summed E-state index contributed by atoms with van der Waals surface area (Å²) in [6.07, 6.45) is 4.91. The molecule has 6 heteroatoms. The lowest BCUT2D eigenvalue weighted by Crippen LogP contribution is -2.38. The zero-order chi connectivity index (χ0) is 15.5. The molecule has 0 aliphatic carbocycles. The zero-order valence-electron chi connectivity index (χ0n) is 12.9. The molecule has 0 atom stereocenters. The van der Waals surface area contributed by atoms with Crippen LogP contribution in [0.15, 0.2) is 30.7 Å². The predicted octanol–water partition coefficient (Wildman–Crippen LogP) is 1.95. The maximum atomic E-state index is 12.2. The zero-order valence-corrected chi connectivity index (χ0v) is 12.9. The Balaban J connectivity index is 1.56. The number of hydrogen-bond donors (Lipinski definition) is 0. The van der Waals surface area contributed by atoms with Crippen molar-refractivity contribution in [2.24, 2.45) is 7.05 Å². The summed E-state index contributed by atoms with van der Waals surface area (Å²) in [5, 5.41) is 0. The lowest BCUT2D eigenvalue weighted by molar-refractivity contribution is 0.0233. The quantitative estimate of drug-likeness (QED) is 0.811. The van der Waals surface area contributed by atoms with E-state index in [1.54, 1.807) is 12.5 Å². The molecular weight excluding hydrogens is 280 g/mol. The number of carbonyl (C=O) groups excluding carboxylic acids is 1. The fourth-order valence-electron chi connectivity index (χ4n) is 2.70. The van der Waals surface area contributed by atoms with Crippen molar-refractivity contribution in [2.45, 2.75) is 25.9 Å². The number of piperidine rings is 1.